The fourth-order valence-corrected chi connectivity index (χ4v) is 2.43. The van der Waals surface area contributed by atoms with Crippen LogP contribution in [0.15, 0.2) is 12.3 Å². The van der Waals surface area contributed by atoms with Crippen molar-refractivity contribution in [3.05, 3.63) is 18.0 Å². The van der Waals surface area contributed by atoms with Gasteiger partial charge >= 0.3 is 6.18 Å². The lowest BCUT2D eigenvalue weighted by Crippen LogP contribution is -2.55. The molecule has 9 heteroatoms. The maximum Gasteiger partial charge on any atom is 0.433 e. The molecule has 1 aromatic rings. The second kappa shape index (κ2) is 4.08. The smallest absolute Gasteiger partial charge is 0.338 e. The molecule has 100 valence electrons. The van der Waals surface area contributed by atoms with E-state index >= 15 is 0 Å². The molecule has 1 fully saturated rings. The summed E-state index contributed by atoms with van der Waals surface area (Å²) in [5, 5.41) is -0.560. The maximum atomic E-state index is 12.4. The van der Waals surface area contributed by atoms with Gasteiger partial charge < -0.3 is 4.90 Å². The van der Waals surface area contributed by atoms with Gasteiger partial charge in [-0.25, -0.2) is 18.4 Å². The third kappa shape index (κ3) is 2.55. The van der Waals surface area contributed by atoms with Crippen LogP contribution in [0.1, 0.15) is 5.69 Å². The number of hydrogen-bond acceptors (Lipinski definition) is 5. The summed E-state index contributed by atoms with van der Waals surface area (Å²) in [4.78, 5) is 8.49. The molecule has 1 aliphatic rings. The number of rotatable bonds is 2. The van der Waals surface area contributed by atoms with E-state index in [9.17, 15) is 21.6 Å². The normalized spacial score (nSPS) is 17.7. The van der Waals surface area contributed by atoms with Crippen LogP contribution < -0.4 is 4.90 Å². The molecular weight excluding hydrogens is 271 g/mol. The fourth-order valence-electron chi connectivity index (χ4n) is 1.53. The van der Waals surface area contributed by atoms with Gasteiger partial charge in [0.2, 0.25) is 5.95 Å². The Morgan fingerprint density at radius 2 is 2.00 bits per heavy atom. The summed E-state index contributed by atoms with van der Waals surface area (Å²) >= 11 is 0. The molecule has 2 heterocycles. The quantitative estimate of drug-likeness (QED) is 0.799. The molecule has 0 aromatic carbocycles. The number of anilines is 1. The Morgan fingerprint density at radius 3 is 2.50 bits per heavy atom. The summed E-state index contributed by atoms with van der Waals surface area (Å²) in [6.45, 7) is 0.250. The van der Waals surface area contributed by atoms with Gasteiger partial charge in [-0.2, -0.15) is 13.2 Å². The molecule has 0 aliphatic carbocycles. The van der Waals surface area contributed by atoms with Gasteiger partial charge in [0.15, 0.2) is 9.84 Å². The van der Waals surface area contributed by atoms with Crippen LogP contribution in [0.4, 0.5) is 19.1 Å². The molecule has 5 nitrogen and oxygen atoms in total. The molecule has 1 saturated heterocycles. The highest BCUT2D eigenvalue weighted by molar-refractivity contribution is 7.91. The molecule has 0 amide bonds. The van der Waals surface area contributed by atoms with Crippen LogP contribution in [0.2, 0.25) is 0 Å². The lowest BCUT2D eigenvalue weighted by molar-refractivity contribution is -0.141. The standard InChI is InChI=1S/C9H10F3N3O2S/c1-18(16,17)6-4-15(5-6)8-13-3-2-7(14-8)9(10,11)12/h2-3,6H,4-5H2,1H3. The number of hydrogen-bond donors (Lipinski definition) is 0. The lowest BCUT2D eigenvalue weighted by Gasteiger charge is -2.37. The highest BCUT2D eigenvalue weighted by Crippen LogP contribution is 2.29. The number of aromatic nitrogens is 2. The summed E-state index contributed by atoms with van der Waals surface area (Å²) in [7, 11) is -3.16. The highest BCUT2D eigenvalue weighted by atomic mass is 32.2. The van der Waals surface area contributed by atoms with Gasteiger partial charge in [0.05, 0.1) is 5.25 Å². The minimum Gasteiger partial charge on any atom is -0.338 e. The van der Waals surface area contributed by atoms with Crippen LogP contribution in [-0.4, -0.2) is 43.0 Å². The van der Waals surface area contributed by atoms with E-state index < -0.39 is 27.0 Å². The average Bonchev–Trinajstić information content (AvgIpc) is 2.12. The van der Waals surface area contributed by atoms with E-state index in [2.05, 4.69) is 9.97 Å². The monoisotopic (exact) mass is 281 g/mol. The molecule has 1 aliphatic heterocycles. The van der Waals surface area contributed by atoms with Gasteiger partial charge in [-0.05, 0) is 6.07 Å². The SMILES string of the molecule is CS(=O)(=O)C1CN(c2nccc(C(F)(F)F)n2)C1. The van der Waals surface area contributed by atoms with Crippen molar-refractivity contribution >= 4 is 15.8 Å². The predicted octanol–water partition coefficient (Wildman–Crippen LogP) is 0.729. The van der Waals surface area contributed by atoms with Gasteiger partial charge in [-0.1, -0.05) is 0 Å². The molecular formula is C9H10F3N3O2S. The van der Waals surface area contributed by atoms with Gasteiger partial charge in [-0.3, -0.25) is 0 Å². The Hall–Kier alpha value is -1.38. The van der Waals surface area contributed by atoms with Gasteiger partial charge in [-0.15, -0.1) is 0 Å². The third-order valence-corrected chi connectivity index (χ3v) is 4.18. The average molecular weight is 281 g/mol. The summed E-state index contributed by atoms with van der Waals surface area (Å²) < 4.78 is 59.6. The predicted molar refractivity (Wildman–Crippen MR) is 57.9 cm³/mol. The molecule has 0 atom stereocenters. The first-order valence-corrected chi connectivity index (χ1v) is 6.97. The fraction of sp³-hybridized carbons (Fsp3) is 0.556. The minimum absolute atomic E-state index is 0.0928. The van der Waals surface area contributed by atoms with Crippen molar-refractivity contribution in [1.29, 1.82) is 0 Å². The van der Waals surface area contributed by atoms with Gasteiger partial charge in [0.1, 0.15) is 5.69 Å². The zero-order valence-electron chi connectivity index (χ0n) is 9.35. The first-order valence-electron chi connectivity index (χ1n) is 5.02. The van der Waals surface area contributed by atoms with E-state index in [4.69, 9.17) is 0 Å². The van der Waals surface area contributed by atoms with Crippen LogP contribution in [0.25, 0.3) is 0 Å². The van der Waals surface area contributed by atoms with Crippen LogP contribution in [0.5, 0.6) is 0 Å². The van der Waals surface area contributed by atoms with Crippen molar-refractivity contribution in [2.45, 2.75) is 11.4 Å². The second-order valence-electron chi connectivity index (χ2n) is 4.10. The Morgan fingerprint density at radius 1 is 1.39 bits per heavy atom. The van der Waals surface area contributed by atoms with Crippen molar-refractivity contribution in [2.24, 2.45) is 0 Å². The van der Waals surface area contributed by atoms with E-state index in [0.717, 1.165) is 18.5 Å². The van der Waals surface area contributed by atoms with Crippen LogP contribution in [0, 0.1) is 0 Å². The van der Waals surface area contributed by atoms with E-state index in [-0.39, 0.29) is 19.0 Å². The third-order valence-electron chi connectivity index (χ3n) is 2.67. The van der Waals surface area contributed by atoms with Crippen molar-refractivity contribution < 1.29 is 21.6 Å². The van der Waals surface area contributed by atoms with Crippen LogP contribution in [0.3, 0.4) is 0 Å². The van der Waals surface area contributed by atoms with Crippen LogP contribution >= 0.6 is 0 Å². The van der Waals surface area contributed by atoms with E-state index in [0.29, 0.717) is 0 Å². The minimum atomic E-state index is -4.53. The Bertz CT molecular complexity index is 552. The molecule has 0 N–H and O–H groups in total. The lowest BCUT2D eigenvalue weighted by atomic mass is 10.2. The van der Waals surface area contributed by atoms with E-state index in [1.54, 1.807) is 0 Å². The molecule has 0 unspecified atom stereocenters. The van der Waals surface area contributed by atoms with Crippen molar-refractivity contribution in [2.75, 3.05) is 24.2 Å². The summed E-state index contributed by atoms with van der Waals surface area (Å²) in [6.07, 6.45) is -2.42. The highest BCUT2D eigenvalue weighted by Gasteiger charge is 2.38. The zero-order chi connectivity index (χ0) is 13.6. The Labute approximate surface area is 102 Å². The molecule has 1 aromatic heterocycles. The number of nitrogens with zero attached hydrogens (tertiary/aromatic N) is 3. The van der Waals surface area contributed by atoms with Crippen molar-refractivity contribution in [3.63, 3.8) is 0 Å². The number of halogens is 3. The molecule has 2 rings (SSSR count). The topological polar surface area (TPSA) is 63.2 Å². The maximum absolute atomic E-state index is 12.4. The molecule has 18 heavy (non-hydrogen) atoms. The zero-order valence-corrected chi connectivity index (χ0v) is 10.2. The molecule has 0 spiro atoms. The molecule has 0 bridgehead atoms. The van der Waals surface area contributed by atoms with Gasteiger partial charge in [0, 0.05) is 25.5 Å². The van der Waals surface area contributed by atoms with E-state index in [1.807, 2.05) is 0 Å². The second-order valence-corrected chi connectivity index (χ2v) is 6.42. The number of sulfone groups is 1. The van der Waals surface area contributed by atoms with E-state index in [1.165, 1.54) is 4.90 Å². The Balaban J connectivity index is 2.13. The first kappa shape index (κ1) is 13.1. The summed E-state index contributed by atoms with van der Waals surface area (Å²) in [5.74, 6) is -0.0928. The van der Waals surface area contributed by atoms with Crippen molar-refractivity contribution in [3.8, 4) is 0 Å². The van der Waals surface area contributed by atoms with Gasteiger partial charge in [0.25, 0.3) is 0 Å². The molecule has 0 saturated carbocycles. The number of alkyl halides is 3. The summed E-state index contributed by atoms with van der Waals surface area (Å²) in [5.41, 5.74) is -1.03. The van der Waals surface area contributed by atoms with Crippen LogP contribution in [-0.2, 0) is 16.0 Å². The molecule has 0 radical (unpaired) electrons. The summed E-state index contributed by atoms with van der Waals surface area (Å²) in [6, 6.07) is 0.775. The first-order chi connectivity index (χ1) is 8.18. The Kier molecular flexibility index (Phi) is 2.96. The largest absolute Gasteiger partial charge is 0.433 e. The van der Waals surface area contributed by atoms with Crippen molar-refractivity contribution in [1.82, 2.24) is 9.97 Å².